The van der Waals surface area contributed by atoms with E-state index in [4.69, 9.17) is 0 Å². The number of benzene rings is 9. The molecule has 1 N–H and O–H groups in total. The van der Waals surface area contributed by atoms with Crippen LogP contribution >= 0.6 is 22.7 Å². The zero-order valence-electron chi connectivity index (χ0n) is 29.5. The van der Waals surface area contributed by atoms with Crippen molar-refractivity contribution < 1.29 is 0 Å². The molecule has 0 radical (unpaired) electrons. The summed E-state index contributed by atoms with van der Waals surface area (Å²) < 4.78 is 5.20. The van der Waals surface area contributed by atoms with Crippen LogP contribution in [0.3, 0.4) is 0 Å². The van der Waals surface area contributed by atoms with Crippen molar-refractivity contribution in [1.82, 2.24) is 4.98 Å². The molecule has 3 heterocycles. The first-order valence-electron chi connectivity index (χ1n) is 18.6. The van der Waals surface area contributed by atoms with Crippen LogP contribution in [0, 0.1) is 0 Å². The number of anilines is 6. The predicted octanol–water partition coefficient (Wildman–Crippen LogP) is 15.6. The fourth-order valence-corrected chi connectivity index (χ4v) is 11.0. The van der Waals surface area contributed by atoms with Gasteiger partial charge in [-0.15, -0.1) is 22.7 Å². The van der Waals surface area contributed by atoms with E-state index in [9.17, 15) is 0 Å². The van der Waals surface area contributed by atoms with Crippen LogP contribution in [-0.2, 0) is 0 Å². The molecule has 3 aromatic heterocycles. The fourth-order valence-electron chi connectivity index (χ4n) is 8.66. The Labute approximate surface area is 324 Å². The summed E-state index contributed by atoms with van der Waals surface area (Å²) in [5, 5.41) is 10.3. The van der Waals surface area contributed by atoms with Gasteiger partial charge in [0.15, 0.2) is 0 Å². The third-order valence-electron chi connectivity index (χ3n) is 11.1. The molecule has 12 rings (SSSR count). The minimum atomic E-state index is 1.13. The van der Waals surface area contributed by atoms with Gasteiger partial charge in [0.2, 0.25) is 0 Å². The first-order valence-corrected chi connectivity index (χ1v) is 20.2. The number of H-pyrrole nitrogens is 1. The highest BCUT2D eigenvalue weighted by Gasteiger charge is 2.21. The molecule has 0 spiro atoms. The Hall–Kier alpha value is -6.66. The van der Waals surface area contributed by atoms with E-state index >= 15 is 0 Å². The Balaban J connectivity index is 1.04. The maximum absolute atomic E-state index is 3.95. The lowest BCUT2D eigenvalue weighted by atomic mass is 9.99. The second kappa shape index (κ2) is 11.9. The van der Waals surface area contributed by atoms with Crippen molar-refractivity contribution in [2.45, 2.75) is 0 Å². The third kappa shape index (κ3) is 4.74. The smallest absolute Gasteiger partial charge is 0.0652 e. The van der Waals surface area contributed by atoms with Gasteiger partial charge in [0, 0.05) is 86.1 Å². The third-order valence-corrected chi connectivity index (χ3v) is 13.4. The van der Waals surface area contributed by atoms with E-state index in [1.165, 1.54) is 67.4 Å². The molecule has 12 aromatic rings. The number of nitrogens with one attached hydrogen (secondary N) is 1. The summed E-state index contributed by atoms with van der Waals surface area (Å²) in [7, 11) is 0. The van der Waals surface area contributed by atoms with Crippen LogP contribution in [0.5, 0.6) is 0 Å². The number of rotatable bonds is 6. The van der Waals surface area contributed by atoms with Gasteiger partial charge in [-0.05, 0) is 102 Å². The van der Waals surface area contributed by atoms with Crippen molar-refractivity contribution in [3.8, 4) is 0 Å². The molecule has 55 heavy (non-hydrogen) atoms. The second-order valence-electron chi connectivity index (χ2n) is 14.2. The summed E-state index contributed by atoms with van der Waals surface area (Å²) in [6, 6.07) is 66.3. The molecule has 0 atom stereocenters. The van der Waals surface area contributed by atoms with E-state index in [0.29, 0.717) is 0 Å². The van der Waals surface area contributed by atoms with E-state index in [1.807, 2.05) is 22.7 Å². The molecular formula is C50H31N3S2. The van der Waals surface area contributed by atoms with Gasteiger partial charge in [0.05, 0.1) is 10.2 Å². The van der Waals surface area contributed by atoms with Crippen LogP contribution in [0.15, 0.2) is 182 Å². The van der Waals surface area contributed by atoms with E-state index < -0.39 is 0 Å². The number of hydrogen-bond acceptors (Lipinski definition) is 4. The maximum atomic E-state index is 3.95. The molecule has 0 saturated carbocycles. The summed E-state index contributed by atoms with van der Waals surface area (Å²) in [5.41, 5.74) is 9.21. The average molecular weight is 738 g/mol. The zero-order valence-corrected chi connectivity index (χ0v) is 31.2. The van der Waals surface area contributed by atoms with Gasteiger partial charge in [-0.3, -0.25) is 0 Å². The Morgan fingerprint density at radius 3 is 1.65 bits per heavy atom. The van der Waals surface area contributed by atoms with Crippen LogP contribution in [-0.4, -0.2) is 4.98 Å². The second-order valence-corrected chi connectivity index (χ2v) is 16.4. The highest BCUT2D eigenvalue weighted by molar-refractivity contribution is 7.27. The number of hydrogen-bond donors (Lipinski definition) is 1. The van der Waals surface area contributed by atoms with Crippen molar-refractivity contribution in [2.75, 3.05) is 9.80 Å². The van der Waals surface area contributed by atoms with Crippen LogP contribution in [0.2, 0.25) is 0 Å². The highest BCUT2D eigenvalue weighted by Crippen LogP contribution is 2.48. The molecule has 0 aliphatic rings. The molecule has 0 aliphatic heterocycles. The van der Waals surface area contributed by atoms with E-state index in [0.717, 1.165) is 39.6 Å². The molecule has 0 aliphatic carbocycles. The minimum Gasteiger partial charge on any atom is -0.353 e. The molecule has 3 nitrogen and oxygen atoms in total. The van der Waals surface area contributed by atoms with Crippen molar-refractivity contribution in [2.24, 2.45) is 0 Å². The molecule has 0 fully saturated rings. The molecule has 0 amide bonds. The average Bonchev–Trinajstić information content (AvgIpc) is 3.93. The van der Waals surface area contributed by atoms with E-state index in [-0.39, 0.29) is 0 Å². The van der Waals surface area contributed by atoms with E-state index in [2.05, 4.69) is 197 Å². The Bertz CT molecular complexity index is 3340. The summed E-state index contributed by atoms with van der Waals surface area (Å²) in [5.74, 6) is 0. The summed E-state index contributed by atoms with van der Waals surface area (Å²) in [4.78, 5) is 8.70. The number of aromatic nitrogens is 1. The van der Waals surface area contributed by atoms with Gasteiger partial charge < -0.3 is 14.8 Å². The SMILES string of the molecule is c1ccc(N(c2ccccc2)c2cc3ccc4cc5c6cc(N(c7ccccc7)c7ccc8c(c7)sc7ccccc78)ccc6sc5c5[nH]c(c2)c3c45)cc1. The van der Waals surface area contributed by atoms with Crippen LogP contribution in [0.25, 0.3) is 72.9 Å². The lowest BCUT2D eigenvalue weighted by molar-refractivity contribution is 1.29. The van der Waals surface area contributed by atoms with Gasteiger partial charge in [0.25, 0.3) is 0 Å². The van der Waals surface area contributed by atoms with E-state index in [1.54, 1.807) is 0 Å². The molecule has 9 aromatic carbocycles. The van der Waals surface area contributed by atoms with Gasteiger partial charge in [-0.25, -0.2) is 0 Å². The first kappa shape index (κ1) is 30.8. The molecule has 0 unspecified atom stereocenters. The zero-order chi connectivity index (χ0) is 36.0. The number of aromatic amines is 1. The fraction of sp³-hybridized carbons (Fsp3) is 0. The Morgan fingerprint density at radius 1 is 0.345 bits per heavy atom. The Kier molecular flexibility index (Phi) is 6.67. The summed E-state index contributed by atoms with van der Waals surface area (Å²) in [6.45, 7) is 0. The van der Waals surface area contributed by atoms with Crippen molar-refractivity contribution in [1.29, 1.82) is 0 Å². The summed E-state index contributed by atoms with van der Waals surface area (Å²) >= 11 is 3.75. The van der Waals surface area contributed by atoms with Gasteiger partial charge >= 0.3 is 0 Å². The lowest BCUT2D eigenvalue weighted by Crippen LogP contribution is -2.09. The van der Waals surface area contributed by atoms with Crippen LogP contribution in [0.4, 0.5) is 34.1 Å². The molecule has 258 valence electrons. The standard InChI is InChI=1S/C50H31N3S2/c1-4-12-33(13-5-1)52(34-14-6-2-7-15-34)38-26-31-20-21-32-27-42-41-28-36(23-25-45(41)55-50(42)49-48(32)47(31)43(29-38)51-49)53(35-16-8-3-9-17-35)37-22-24-40-39-18-10-11-19-44(39)54-46(40)30-37/h1-30,51H. The van der Waals surface area contributed by atoms with Crippen LogP contribution in [0.1, 0.15) is 0 Å². The Morgan fingerprint density at radius 2 is 0.927 bits per heavy atom. The predicted molar refractivity (Wildman–Crippen MR) is 240 cm³/mol. The van der Waals surface area contributed by atoms with Crippen molar-refractivity contribution in [3.05, 3.63) is 182 Å². The molecule has 0 bridgehead atoms. The first-order chi connectivity index (χ1) is 27.2. The maximum Gasteiger partial charge on any atom is 0.0652 e. The molecule has 0 saturated heterocycles. The molecule has 5 heteroatoms. The van der Waals surface area contributed by atoms with Gasteiger partial charge in [0.1, 0.15) is 0 Å². The van der Waals surface area contributed by atoms with Crippen molar-refractivity contribution >= 4 is 130 Å². The minimum absolute atomic E-state index is 1.13. The van der Waals surface area contributed by atoms with Gasteiger partial charge in [-0.1, -0.05) is 91.0 Å². The quantitative estimate of drug-likeness (QED) is 0.172. The van der Waals surface area contributed by atoms with Gasteiger partial charge in [-0.2, -0.15) is 0 Å². The highest BCUT2D eigenvalue weighted by atomic mass is 32.1. The largest absolute Gasteiger partial charge is 0.353 e. The molecular weight excluding hydrogens is 707 g/mol. The van der Waals surface area contributed by atoms with Crippen molar-refractivity contribution in [3.63, 3.8) is 0 Å². The number of para-hydroxylation sites is 3. The topological polar surface area (TPSA) is 22.3 Å². The lowest BCUT2D eigenvalue weighted by Gasteiger charge is -2.25. The monoisotopic (exact) mass is 737 g/mol. The number of thiophene rings is 2. The number of nitrogens with zero attached hydrogens (tertiary/aromatic N) is 2. The summed E-state index contributed by atoms with van der Waals surface area (Å²) in [6.07, 6.45) is 0. The van der Waals surface area contributed by atoms with Crippen LogP contribution < -0.4 is 9.80 Å². The normalized spacial score (nSPS) is 12.0. The number of fused-ring (bicyclic) bond motifs is 7.